The van der Waals surface area contributed by atoms with Crippen LogP contribution in [0, 0.1) is 25.7 Å². The van der Waals surface area contributed by atoms with Crippen molar-refractivity contribution in [3.05, 3.63) is 34.9 Å². The summed E-state index contributed by atoms with van der Waals surface area (Å²) in [5, 5.41) is 0. The van der Waals surface area contributed by atoms with Gasteiger partial charge in [0.1, 0.15) is 0 Å². The van der Waals surface area contributed by atoms with Crippen molar-refractivity contribution in [3.63, 3.8) is 0 Å². The summed E-state index contributed by atoms with van der Waals surface area (Å²) < 4.78 is 0. The van der Waals surface area contributed by atoms with Crippen molar-refractivity contribution in [2.45, 2.75) is 45.6 Å². The second-order valence-corrected chi connectivity index (χ2v) is 7.21. The van der Waals surface area contributed by atoms with E-state index in [0.29, 0.717) is 24.7 Å². The third kappa shape index (κ3) is 3.32. The zero-order valence-electron chi connectivity index (χ0n) is 14.0. The van der Waals surface area contributed by atoms with Crippen LogP contribution in [-0.2, 0) is 4.79 Å². The minimum atomic E-state index is 0.0654. The molecule has 3 atom stereocenters. The monoisotopic (exact) mass is 314 g/mol. The summed E-state index contributed by atoms with van der Waals surface area (Å²) in [6, 6.07) is 6.13. The van der Waals surface area contributed by atoms with Crippen LogP contribution in [0.2, 0.25) is 0 Å². The van der Waals surface area contributed by atoms with Crippen LogP contribution in [-0.4, -0.2) is 35.7 Å². The Bertz CT molecular complexity index is 626. The molecule has 1 saturated carbocycles. The predicted molar refractivity (Wildman–Crippen MR) is 90.2 cm³/mol. The molecule has 1 aromatic carbocycles. The van der Waals surface area contributed by atoms with E-state index >= 15 is 0 Å². The number of carbonyl (C=O) groups excluding carboxylic acids is 2. The van der Waals surface area contributed by atoms with Crippen LogP contribution in [0.5, 0.6) is 0 Å². The molecule has 3 unspecified atom stereocenters. The van der Waals surface area contributed by atoms with Gasteiger partial charge in [-0.25, -0.2) is 0 Å². The second kappa shape index (κ2) is 6.44. The zero-order valence-corrected chi connectivity index (χ0v) is 14.0. The molecule has 4 nitrogen and oxygen atoms in total. The quantitative estimate of drug-likeness (QED) is 0.868. The maximum Gasteiger partial charge on any atom is 0.223 e. The molecule has 0 radical (unpaired) electrons. The van der Waals surface area contributed by atoms with E-state index in [1.54, 1.807) is 0 Å². The average molecular weight is 314 g/mol. The summed E-state index contributed by atoms with van der Waals surface area (Å²) in [4.78, 5) is 26.7. The van der Waals surface area contributed by atoms with Crippen LogP contribution >= 0.6 is 0 Å². The van der Waals surface area contributed by atoms with Crippen molar-refractivity contribution in [1.82, 2.24) is 4.90 Å². The van der Waals surface area contributed by atoms with Crippen molar-refractivity contribution in [2.75, 3.05) is 13.1 Å². The number of nitrogens with zero attached hydrogens (tertiary/aromatic N) is 1. The predicted octanol–water partition coefficient (Wildman–Crippen LogP) is 2.46. The van der Waals surface area contributed by atoms with Gasteiger partial charge < -0.3 is 10.6 Å². The van der Waals surface area contributed by atoms with Gasteiger partial charge in [0.25, 0.3) is 0 Å². The van der Waals surface area contributed by atoms with Crippen LogP contribution in [0.4, 0.5) is 0 Å². The fraction of sp³-hybridized carbons (Fsp3) is 0.579. The lowest BCUT2D eigenvalue weighted by Gasteiger charge is -2.18. The Morgan fingerprint density at radius 3 is 2.70 bits per heavy atom. The Balaban J connectivity index is 1.55. The molecule has 0 bridgehead atoms. The van der Waals surface area contributed by atoms with E-state index in [2.05, 4.69) is 0 Å². The number of rotatable bonds is 4. The fourth-order valence-electron chi connectivity index (χ4n) is 4.06. The molecule has 2 aliphatic rings. The first-order valence-corrected chi connectivity index (χ1v) is 8.59. The van der Waals surface area contributed by atoms with Gasteiger partial charge in [0.05, 0.1) is 0 Å². The van der Waals surface area contributed by atoms with Gasteiger partial charge in [0, 0.05) is 37.5 Å². The first kappa shape index (κ1) is 16.2. The van der Waals surface area contributed by atoms with Crippen LogP contribution in [0.3, 0.4) is 0 Å². The smallest absolute Gasteiger partial charge is 0.223 e. The van der Waals surface area contributed by atoms with Gasteiger partial charge in [-0.05, 0) is 50.2 Å². The fourth-order valence-corrected chi connectivity index (χ4v) is 4.06. The number of hydrogen-bond acceptors (Lipinski definition) is 3. The molecule has 3 rings (SSSR count). The van der Waals surface area contributed by atoms with Crippen molar-refractivity contribution < 1.29 is 9.59 Å². The SMILES string of the molecule is Cc1ccc(C)c(C(=O)CCC(=O)N2CC3CCC(N)C3C2)c1. The number of Topliss-reactive ketones (excluding diaryl/α,β-unsaturated/α-hetero) is 1. The largest absolute Gasteiger partial charge is 0.342 e. The Morgan fingerprint density at radius 1 is 1.17 bits per heavy atom. The third-order valence-corrected chi connectivity index (χ3v) is 5.52. The van der Waals surface area contributed by atoms with Gasteiger partial charge >= 0.3 is 0 Å². The zero-order chi connectivity index (χ0) is 16.6. The Morgan fingerprint density at radius 2 is 1.96 bits per heavy atom. The molecule has 4 heteroatoms. The molecule has 1 saturated heterocycles. The minimum absolute atomic E-state index is 0.0654. The summed E-state index contributed by atoms with van der Waals surface area (Å²) in [5.41, 5.74) is 8.92. The third-order valence-electron chi connectivity index (χ3n) is 5.52. The van der Waals surface area contributed by atoms with E-state index in [0.717, 1.165) is 42.6 Å². The molecular formula is C19H26N2O2. The minimum Gasteiger partial charge on any atom is -0.342 e. The Labute approximate surface area is 138 Å². The van der Waals surface area contributed by atoms with Crippen molar-refractivity contribution >= 4 is 11.7 Å². The van der Waals surface area contributed by atoms with Crippen LogP contribution in [0.1, 0.15) is 47.2 Å². The number of nitrogens with two attached hydrogens (primary N) is 1. The molecule has 0 aromatic heterocycles. The van der Waals surface area contributed by atoms with E-state index in [9.17, 15) is 9.59 Å². The molecule has 1 aromatic rings. The maximum atomic E-state index is 12.4. The van der Waals surface area contributed by atoms with Crippen molar-refractivity contribution in [1.29, 1.82) is 0 Å². The van der Waals surface area contributed by atoms with Crippen LogP contribution < -0.4 is 5.73 Å². The molecular weight excluding hydrogens is 288 g/mol. The number of aryl methyl sites for hydroxylation is 2. The standard InChI is InChI=1S/C19H26N2O2/c1-12-3-4-13(2)15(9-12)18(22)7-8-19(23)21-10-14-5-6-17(20)16(14)11-21/h3-4,9,14,16-17H,5-8,10-11,20H2,1-2H3. The highest BCUT2D eigenvalue weighted by Crippen LogP contribution is 2.37. The molecule has 124 valence electrons. The number of benzene rings is 1. The summed E-state index contributed by atoms with van der Waals surface area (Å²) in [6.45, 7) is 5.53. The van der Waals surface area contributed by atoms with Gasteiger partial charge in [-0.15, -0.1) is 0 Å². The van der Waals surface area contributed by atoms with E-state index in [-0.39, 0.29) is 17.7 Å². The van der Waals surface area contributed by atoms with E-state index in [1.807, 2.05) is 36.9 Å². The highest BCUT2D eigenvalue weighted by Gasteiger charge is 2.42. The number of hydrogen-bond donors (Lipinski definition) is 1. The second-order valence-electron chi connectivity index (χ2n) is 7.21. The van der Waals surface area contributed by atoms with Crippen molar-refractivity contribution in [3.8, 4) is 0 Å². The molecule has 2 fully saturated rings. The van der Waals surface area contributed by atoms with E-state index < -0.39 is 0 Å². The molecule has 1 amide bonds. The molecule has 0 spiro atoms. The van der Waals surface area contributed by atoms with Gasteiger partial charge in [-0.1, -0.05) is 17.7 Å². The Hall–Kier alpha value is -1.68. The summed E-state index contributed by atoms with van der Waals surface area (Å²) in [6.07, 6.45) is 2.82. The molecule has 1 aliphatic heterocycles. The number of carbonyl (C=O) groups is 2. The number of ketones is 1. The maximum absolute atomic E-state index is 12.4. The van der Waals surface area contributed by atoms with Gasteiger partial charge in [-0.3, -0.25) is 9.59 Å². The first-order valence-electron chi connectivity index (χ1n) is 8.59. The lowest BCUT2D eigenvalue weighted by atomic mass is 9.98. The summed E-state index contributed by atoms with van der Waals surface area (Å²) in [5.74, 6) is 1.21. The summed E-state index contributed by atoms with van der Waals surface area (Å²) >= 11 is 0. The van der Waals surface area contributed by atoms with Crippen LogP contribution in [0.15, 0.2) is 18.2 Å². The van der Waals surface area contributed by atoms with Crippen molar-refractivity contribution in [2.24, 2.45) is 17.6 Å². The number of fused-ring (bicyclic) bond motifs is 1. The average Bonchev–Trinajstić information content (AvgIpc) is 3.09. The molecule has 2 N–H and O–H groups in total. The molecule has 1 aliphatic carbocycles. The lowest BCUT2D eigenvalue weighted by Crippen LogP contribution is -2.33. The van der Waals surface area contributed by atoms with Crippen LogP contribution in [0.25, 0.3) is 0 Å². The summed E-state index contributed by atoms with van der Waals surface area (Å²) in [7, 11) is 0. The normalized spacial score (nSPS) is 26.4. The van der Waals surface area contributed by atoms with Gasteiger partial charge in [-0.2, -0.15) is 0 Å². The van der Waals surface area contributed by atoms with Gasteiger partial charge in [0.2, 0.25) is 5.91 Å². The highest BCUT2D eigenvalue weighted by atomic mass is 16.2. The first-order chi connectivity index (χ1) is 11.0. The molecule has 1 heterocycles. The lowest BCUT2D eigenvalue weighted by molar-refractivity contribution is -0.130. The van der Waals surface area contributed by atoms with Gasteiger partial charge in [0.15, 0.2) is 5.78 Å². The molecule has 23 heavy (non-hydrogen) atoms. The topological polar surface area (TPSA) is 63.4 Å². The van der Waals surface area contributed by atoms with E-state index in [1.165, 1.54) is 0 Å². The number of likely N-dealkylation sites (tertiary alicyclic amines) is 1. The highest BCUT2D eigenvalue weighted by molar-refractivity contribution is 5.99. The number of amides is 1. The van der Waals surface area contributed by atoms with E-state index in [4.69, 9.17) is 5.73 Å². The Kier molecular flexibility index (Phi) is 4.53.